The minimum atomic E-state index is 0.215. The van der Waals surface area contributed by atoms with Crippen molar-refractivity contribution in [2.24, 2.45) is 0 Å². The summed E-state index contributed by atoms with van der Waals surface area (Å²) in [4.78, 5) is 3.08. The zero-order valence-electron chi connectivity index (χ0n) is 8.04. The van der Waals surface area contributed by atoms with Gasteiger partial charge in [0.15, 0.2) is 0 Å². The van der Waals surface area contributed by atoms with Gasteiger partial charge in [-0.15, -0.1) is 0 Å². The Morgan fingerprint density at radius 1 is 0.688 bits per heavy atom. The molecule has 2 aromatic rings. The molecular formula is C12H6I2S2. The van der Waals surface area contributed by atoms with E-state index in [1.807, 2.05) is 0 Å². The highest BCUT2D eigenvalue weighted by atomic mass is 127. The lowest BCUT2D eigenvalue weighted by atomic mass is 10.0. The van der Waals surface area contributed by atoms with Crippen LogP contribution in [0.3, 0.4) is 0 Å². The maximum Gasteiger partial charge on any atom is 0.0330 e. The van der Waals surface area contributed by atoms with Crippen LogP contribution in [-0.2, 0) is 0 Å². The van der Waals surface area contributed by atoms with Crippen LogP contribution < -0.4 is 0 Å². The second-order valence-corrected chi connectivity index (χ2v) is 12.0. The fourth-order valence-corrected chi connectivity index (χ4v) is 11.7. The van der Waals surface area contributed by atoms with Crippen LogP contribution >= 0.6 is 56.6 Å². The second kappa shape index (κ2) is 4.07. The molecule has 2 aliphatic rings. The van der Waals surface area contributed by atoms with Crippen LogP contribution in [0.25, 0.3) is 10.8 Å². The van der Waals surface area contributed by atoms with Gasteiger partial charge in [0.25, 0.3) is 0 Å². The van der Waals surface area contributed by atoms with Crippen LogP contribution in [-0.4, -0.2) is 8.02 Å². The van der Waals surface area contributed by atoms with Gasteiger partial charge in [-0.3, -0.25) is 0 Å². The molecule has 0 atom stereocenters. The first-order chi connectivity index (χ1) is 7.93. The summed E-state index contributed by atoms with van der Waals surface area (Å²) in [5.74, 6) is 0. The van der Waals surface area contributed by atoms with Crippen molar-refractivity contribution in [3.05, 3.63) is 35.4 Å². The maximum atomic E-state index is 2.44. The molecule has 0 nitrogen and oxygen atoms in total. The van der Waals surface area contributed by atoms with E-state index in [-0.39, 0.29) is 38.7 Å². The summed E-state index contributed by atoms with van der Waals surface area (Å²) in [7, 11) is 4.17. The Kier molecular flexibility index (Phi) is 2.67. The largest absolute Gasteiger partial charge is 0.0577 e. The minimum absolute atomic E-state index is 0.215. The summed E-state index contributed by atoms with van der Waals surface area (Å²) >= 11 is 0.430. The third kappa shape index (κ3) is 1.49. The average molecular weight is 468 g/mol. The summed E-state index contributed by atoms with van der Waals surface area (Å²) in [5, 5.41) is 2.98. The second-order valence-electron chi connectivity index (χ2n) is 3.61. The average Bonchev–Trinajstić information content (AvgIpc) is 2.96. The number of halogens is 2. The van der Waals surface area contributed by atoms with Crippen LogP contribution in [0.4, 0.5) is 0 Å². The third-order valence-corrected chi connectivity index (χ3v) is 11.3. The molecular weight excluding hydrogens is 462 g/mol. The molecule has 0 aliphatic carbocycles. The molecule has 80 valence electrons. The quantitative estimate of drug-likeness (QED) is 0.493. The van der Waals surface area contributed by atoms with E-state index in [0.29, 0.717) is 0 Å². The first-order valence-electron chi connectivity index (χ1n) is 4.80. The molecule has 2 aliphatic heterocycles. The van der Waals surface area contributed by atoms with E-state index in [4.69, 9.17) is 0 Å². The van der Waals surface area contributed by atoms with E-state index >= 15 is 0 Å². The number of rotatable bonds is 0. The summed E-state index contributed by atoms with van der Waals surface area (Å²) < 4.78 is 4.88. The van der Waals surface area contributed by atoms with Crippen molar-refractivity contribution in [1.82, 2.24) is 0 Å². The smallest absolute Gasteiger partial charge is 0.0330 e. The van der Waals surface area contributed by atoms with Gasteiger partial charge in [0.05, 0.1) is 0 Å². The lowest BCUT2D eigenvalue weighted by Gasteiger charge is -2.07. The topological polar surface area (TPSA) is 0 Å². The molecule has 0 N–H and O–H groups in total. The standard InChI is InChI=1S/C12H6I2S2/c1-3-9-10(11-7(1)5-13-15-11)4-2-8-6-14-16-12(8)9/h1-6H. The highest BCUT2D eigenvalue weighted by Gasteiger charge is 2.16. The molecule has 0 fully saturated rings. The molecule has 0 bridgehead atoms. The SMILES string of the molecule is C1=ISc2c1ccc1c3c(ccc21)C=IS3. The van der Waals surface area contributed by atoms with E-state index in [1.165, 1.54) is 21.9 Å². The van der Waals surface area contributed by atoms with E-state index in [9.17, 15) is 0 Å². The Morgan fingerprint density at radius 2 is 1.19 bits per heavy atom. The molecule has 0 unspecified atom stereocenters. The lowest BCUT2D eigenvalue weighted by molar-refractivity contribution is 1.47. The van der Waals surface area contributed by atoms with Gasteiger partial charge in [0, 0.05) is 9.79 Å². The predicted molar refractivity (Wildman–Crippen MR) is 94.0 cm³/mol. The Labute approximate surface area is 119 Å². The number of fused-ring (bicyclic) bond motifs is 5. The fourth-order valence-electron chi connectivity index (χ4n) is 1.96. The van der Waals surface area contributed by atoms with Crippen molar-refractivity contribution in [3.63, 3.8) is 0 Å². The molecule has 0 amide bonds. The van der Waals surface area contributed by atoms with Gasteiger partial charge in [0.2, 0.25) is 0 Å². The van der Waals surface area contributed by atoms with Crippen LogP contribution in [0, 0.1) is 0 Å². The molecule has 0 saturated carbocycles. The van der Waals surface area contributed by atoms with Crippen LogP contribution in [0.2, 0.25) is 0 Å². The van der Waals surface area contributed by atoms with Gasteiger partial charge in [0.1, 0.15) is 0 Å². The van der Waals surface area contributed by atoms with E-state index < -0.39 is 0 Å². The molecule has 0 radical (unpaired) electrons. The molecule has 0 aromatic heterocycles. The van der Waals surface area contributed by atoms with Gasteiger partial charge in [-0.25, -0.2) is 0 Å². The lowest BCUT2D eigenvalue weighted by Crippen LogP contribution is -1.86. The zero-order chi connectivity index (χ0) is 10.5. The first kappa shape index (κ1) is 10.5. The van der Waals surface area contributed by atoms with Crippen molar-refractivity contribution in [2.75, 3.05) is 0 Å². The summed E-state index contributed by atoms with van der Waals surface area (Å²) in [6.07, 6.45) is 0. The number of hydrogen-bond donors (Lipinski definition) is 0. The molecule has 4 heteroatoms. The number of hydrogen-bond acceptors (Lipinski definition) is 2. The Balaban J connectivity index is 2.14. The number of benzene rings is 2. The van der Waals surface area contributed by atoms with Crippen molar-refractivity contribution in [1.29, 1.82) is 0 Å². The highest BCUT2D eigenvalue weighted by Crippen LogP contribution is 2.48. The molecule has 2 heterocycles. The van der Waals surface area contributed by atoms with Crippen molar-refractivity contribution < 1.29 is 0 Å². The normalized spacial score (nSPS) is 16.8. The maximum absolute atomic E-state index is 2.44. The summed E-state index contributed by atoms with van der Waals surface area (Å²) in [6.45, 7) is 0. The van der Waals surface area contributed by atoms with Crippen LogP contribution in [0.15, 0.2) is 34.1 Å². The van der Waals surface area contributed by atoms with Crippen LogP contribution in [0.5, 0.6) is 0 Å². The van der Waals surface area contributed by atoms with Crippen molar-refractivity contribution in [2.45, 2.75) is 9.79 Å². The van der Waals surface area contributed by atoms with E-state index in [2.05, 4.69) is 50.2 Å². The van der Waals surface area contributed by atoms with Gasteiger partial charge in [-0.1, -0.05) is 42.1 Å². The van der Waals surface area contributed by atoms with E-state index in [1.54, 1.807) is 9.79 Å². The summed E-state index contributed by atoms with van der Waals surface area (Å²) in [6, 6.07) is 9.29. The molecule has 0 spiro atoms. The fraction of sp³-hybridized carbons (Fsp3) is 0. The molecule has 16 heavy (non-hydrogen) atoms. The van der Waals surface area contributed by atoms with Gasteiger partial charge < -0.3 is 0 Å². The monoisotopic (exact) mass is 468 g/mol. The van der Waals surface area contributed by atoms with Crippen molar-refractivity contribution in [3.8, 4) is 0 Å². The summed E-state index contributed by atoms with van der Waals surface area (Å²) in [5.41, 5.74) is 2.96. The van der Waals surface area contributed by atoms with E-state index in [0.717, 1.165) is 0 Å². The van der Waals surface area contributed by atoms with Gasteiger partial charge in [-0.05, 0) is 68.6 Å². The van der Waals surface area contributed by atoms with Crippen molar-refractivity contribution >= 4 is 75.4 Å². The van der Waals surface area contributed by atoms with Gasteiger partial charge in [-0.2, -0.15) is 0 Å². The minimum Gasteiger partial charge on any atom is -0.0577 e. The molecule has 2 aromatic carbocycles. The third-order valence-electron chi connectivity index (χ3n) is 2.73. The first-order valence-corrected chi connectivity index (χ1v) is 14.0. The predicted octanol–water partition coefficient (Wildman–Crippen LogP) is 5.12. The van der Waals surface area contributed by atoms with Gasteiger partial charge >= 0.3 is 0 Å². The Bertz CT molecular complexity index is 615. The highest BCUT2D eigenvalue weighted by molar-refractivity contribution is 14.2. The molecule has 4 rings (SSSR count). The molecule has 0 saturated heterocycles. The van der Waals surface area contributed by atoms with Crippen LogP contribution in [0.1, 0.15) is 11.1 Å². The zero-order valence-corrected chi connectivity index (χ0v) is 14.0. The Morgan fingerprint density at radius 3 is 1.69 bits per heavy atom. The Hall–Kier alpha value is 0.600.